The normalized spacial score (nSPS) is 17.2. The van der Waals surface area contributed by atoms with Crippen molar-refractivity contribution in [2.75, 3.05) is 13.2 Å². The molecule has 0 radical (unpaired) electrons. The van der Waals surface area contributed by atoms with Crippen LogP contribution in [0.5, 0.6) is 0 Å². The first-order valence-electron chi connectivity index (χ1n) is 10.2. The molecule has 1 saturated carbocycles. The second-order valence-corrected chi connectivity index (χ2v) is 7.76. The zero-order valence-electron chi connectivity index (χ0n) is 16.0. The summed E-state index contributed by atoms with van der Waals surface area (Å²) in [5.41, 5.74) is 1.10. The van der Waals surface area contributed by atoms with Crippen LogP contribution >= 0.6 is 0 Å². The number of nitrogens with zero attached hydrogens (tertiary/aromatic N) is 1. The predicted molar refractivity (Wildman–Crippen MR) is 106 cm³/mol. The summed E-state index contributed by atoms with van der Waals surface area (Å²) >= 11 is 0. The lowest BCUT2D eigenvalue weighted by molar-refractivity contribution is -0.145. The maximum atomic E-state index is 12.8. The fraction of sp³-hybridized carbons (Fsp3) is 0.435. The van der Waals surface area contributed by atoms with E-state index >= 15 is 0 Å². The van der Waals surface area contributed by atoms with Crippen LogP contribution in [0.3, 0.4) is 0 Å². The van der Waals surface area contributed by atoms with Crippen LogP contribution in [-0.2, 0) is 9.53 Å². The van der Waals surface area contributed by atoms with E-state index in [1.54, 1.807) is 12.1 Å². The molecule has 1 aliphatic carbocycles. The largest absolute Gasteiger partial charge is 0.465 e. The van der Waals surface area contributed by atoms with Crippen molar-refractivity contribution in [2.45, 2.75) is 44.9 Å². The average Bonchev–Trinajstić information content (AvgIpc) is 2.73. The van der Waals surface area contributed by atoms with Crippen molar-refractivity contribution in [3.8, 4) is 0 Å². The summed E-state index contributed by atoms with van der Waals surface area (Å²) in [6.07, 6.45) is 6.61. The lowest BCUT2D eigenvalue weighted by Gasteiger charge is -2.27. The van der Waals surface area contributed by atoms with E-state index in [0.717, 1.165) is 23.6 Å². The zero-order valence-corrected chi connectivity index (χ0v) is 16.0. The van der Waals surface area contributed by atoms with Crippen molar-refractivity contribution >= 4 is 28.6 Å². The molecule has 1 aliphatic heterocycles. The van der Waals surface area contributed by atoms with Crippen LogP contribution in [0.15, 0.2) is 36.4 Å². The van der Waals surface area contributed by atoms with Gasteiger partial charge in [-0.15, -0.1) is 0 Å². The molecule has 0 atom stereocenters. The fourth-order valence-electron chi connectivity index (χ4n) is 4.30. The summed E-state index contributed by atoms with van der Waals surface area (Å²) < 4.78 is 5.40. The van der Waals surface area contributed by atoms with Gasteiger partial charge in [-0.3, -0.25) is 19.3 Å². The molecule has 0 N–H and O–H groups in total. The molecule has 0 unspecified atom stereocenters. The Balaban J connectivity index is 1.35. The Kier molecular flexibility index (Phi) is 5.42. The lowest BCUT2D eigenvalue weighted by Crippen LogP contribution is -2.41. The minimum Gasteiger partial charge on any atom is -0.465 e. The topological polar surface area (TPSA) is 63.7 Å². The van der Waals surface area contributed by atoms with E-state index in [0.29, 0.717) is 30.1 Å². The summed E-state index contributed by atoms with van der Waals surface area (Å²) in [7, 11) is 0. The van der Waals surface area contributed by atoms with Crippen LogP contribution < -0.4 is 0 Å². The van der Waals surface area contributed by atoms with Crippen molar-refractivity contribution in [1.82, 2.24) is 4.90 Å². The van der Waals surface area contributed by atoms with Gasteiger partial charge in [-0.05, 0) is 42.7 Å². The Hall–Kier alpha value is -2.69. The number of amides is 2. The number of esters is 1. The van der Waals surface area contributed by atoms with Gasteiger partial charge in [0, 0.05) is 29.5 Å². The van der Waals surface area contributed by atoms with Gasteiger partial charge in [0.15, 0.2) is 0 Å². The molecule has 146 valence electrons. The molecule has 28 heavy (non-hydrogen) atoms. The third-order valence-corrected chi connectivity index (χ3v) is 5.82. The van der Waals surface area contributed by atoms with Gasteiger partial charge < -0.3 is 4.74 Å². The summed E-state index contributed by atoms with van der Waals surface area (Å²) in [5, 5.41) is 1.62. The average molecular weight is 379 g/mol. The highest BCUT2D eigenvalue weighted by molar-refractivity contribution is 6.25. The Morgan fingerprint density at radius 1 is 0.964 bits per heavy atom. The molecule has 0 saturated heterocycles. The highest BCUT2D eigenvalue weighted by Gasteiger charge is 2.32. The fourth-order valence-corrected chi connectivity index (χ4v) is 4.30. The molecule has 2 aromatic rings. The van der Waals surface area contributed by atoms with E-state index in [9.17, 15) is 14.4 Å². The van der Waals surface area contributed by atoms with Gasteiger partial charge in [0.1, 0.15) is 0 Å². The van der Waals surface area contributed by atoms with Crippen molar-refractivity contribution in [2.24, 2.45) is 5.92 Å². The number of hydrogen-bond acceptors (Lipinski definition) is 4. The second kappa shape index (κ2) is 8.13. The van der Waals surface area contributed by atoms with Gasteiger partial charge in [0.25, 0.3) is 11.8 Å². The van der Waals surface area contributed by atoms with E-state index < -0.39 is 0 Å². The minimum absolute atomic E-state index is 0.218. The van der Waals surface area contributed by atoms with Gasteiger partial charge in [-0.25, -0.2) is 0 Å². The number of imide groups is 1. The van der Waals surface area contributed by atoms with Crippen molar-refractivity contribution in [1.29, 1.82) is 0 Å². The summed E-state index contributed by atoms with van der Waals surface area (Å²) in [5.74, 6) is -0.334. The van der Waals surface area contributed by atoms with Crippen molar-refractivity contribution in [3.05, 3.63) is 47.5 Å². The molecule has 0 spiro atoms. The highest BCUT2D eigenvalue weighted by atomic mass is 16.5. The Morgan fingerprint density at radius 3 is 2.25 bits per heavy atom. The van der Waals surface area contributed by atoms with Crippen molar-refractivity contribution < 1.29 is 19.1 Å². The monoisotopic (exact) mass is 379 g/mol. The maximum Gasteiger partial charge on any atom is 0.305 e. The van der Waals surface area contributed by atoms with E-state index in [4.69, 9.17) is 4.74 Å². The predicted octanol–water partition coefficient (Wildman–Crippen LogP) is 4.34. The van der Waals surface area contributed by atoms with Gasteiger partial charge in [-0.2, -0.15) is 0 Å². The van der Waals surface area contributed by atoms with Crippen LogP contribution in [0.2, 0.25) is 0 Å². The van der Waals surface area contributed by atoms with Crippen LogP contribution in [0.1, 0.15) is 65.7 Å². The number of carbonyl (C=O) groups excluding carboxylic acids is 3. The SMILES string of the molecule is O=C(CCCN1C(=O)c2cccc3cccc(c23)C1=O)OCC1CCCCC1. The first-order chi connectivity index (χ1) is 13.6. The van der Waals surface area contributed by atoms with E-state index in [2.05, 4.69) is 0 Å². The molecule has 0 bridgehead atoms. The standard InChI is InChI=1S/C23H25NO4/c25-20(28-15-16-7-2-1-3-8-16)13-6-14-24-22(26)18-11-4-9-17-10-5-12-19(21(17)18)23(24)27/h4-5,9-12,16H,1-3,6-8,13-15H2. The van der Waals surface area contributed by atoms with Gasteiger partial charge in [0.2, 0.25) is 0 Å². The van der Waals surface area contributed by atoms with E-state index in [1.807, 2.05) is 24.3 Å². The molecular weight excluding hydrogens is 354 g/mol. The zero-order chi connectivity index (χ0) is 19.5. The first-order valence-corrected chi connectivity index (χ1v) is 10.2. The van der Waals surface area contributed by atoms with Crippen molar-refractivity contribution in [3.63, 3.8) is 0 Å². The minimum atomic E-state index is -0.287. The Labute approximate surface area is 164 Å². The molecule has 2 aliphatic rings. The van der Waals surface area contributed by atoms with Crippen LogP contribution in [0.4, 0.5) is 0 Å². The molecule has 1 heterocycles. The molecule has 5 nitrogen and oxygen atoms in total. The third kappa shape index (κ3) is 3.66. The molecule has 2 aromatic carbocycles. The summed E-state index contributed by atoms with van der Waals surface area (Å²) in [6, 6.07) is 11.0. The van der Waals surface area contributed by atoms with Gasteiger partial charge in [0.05, 0.1) is 6.61 Å². The molecule has 2 amide bonds. The van der Waals surface area contributed by atoms with E-state index in [-0.39, 0.29) is 30.7 Å². The van der Waals surface area contributed by atoms with Crippen LogP contribution in [0, 0.1) is 5.92 Å². The van der Waals surface area contributed by atoms with Crippen LogP contribution in [-0.4, -0.2) is 35.8 Å². The number of carbonyl (C=O) groups is 3. The molecule has 0 aromatic heterocycles. The second-order valence-electron chi connectivity index (χ2n) is 7.76. The quantitative estimate of drug-likeness (QED) is 0.553. The number of ether oxygens (including phenoxy) is 1. The van der Waals surface area contributed by atoms with Crippen LogP contribution in [0.25, 0.3) is 10.8 Å². The van der Waals surface area contributed by atoms with Gasteiger partial charge in [-0.1, -0.05) is 43.5 Å². The highest BCUT2D eigenvalue weighted by Crippen LogP contribution is 2.30. The molecular formula is C23H25NO4. The Morgan fingerprint density at radius 2 is 1.61 bits per heavy atom. The third-order valence-electron chi connectivity index (χ3n) is 5.82. The molecule has 1 fully saturated rings. The number of rotatable bonds is 6. The Bertz CT molecular complexity index is 863. The molecule has 4 rings (SSSR count). The smallest absolute Gasteiger partial charge is 0.305 e. The van der Waals surface area contributed by atoms with E-state index in [1.165, 1.54) is 24.2 Å². The summed E-state index contributed by atoms with van der Waals surface area (Å²) in [4.78, 5) is 38.9. The van der Waals surface area contributed by atoms with Gasteiger partial charge >= 0.3 is 5.97 Å². The summed E-state index contributed by atoms with van der Waals surface area (Å²) in [6.45, 7) is 0.719. The molecule has 5 heteroatoms. The number of benzene rings is 2. The maximum absolute atomic E-state index is 12.8. The lowest BCUT2D eigenvalue weighted by atomic mass is 9.90. The number of hydrogen-bond donors (Lipinski definition) is 0. The first kappa shape index (κ1) is 18.7.